The molecular weight excluding hydrogens is 640 g/mol. The van der Waals surface area contributed by atoms with Crippen LogP contribution in [0.15, 0.2) is 41.8 Å². The Kier molecular flexibility index (Phi) is 15.9. The van der Waals surface area contributed by atoms with Gasteiger partial charge in [-0.05, 0) is 56.2 Å². The van der Waals surface area contributed by atoms with E-state index in [4.69, 9.17) is 17.2 Å². The third kappa shape index (κ3) is 14.2. The Morgan fingerprint density at radius 3 is 2.04 bits per heavy atom. The molecule has 0 aliphatic carbocycles. The number of nitrogens with zero attached hydrogens (tertiary/aromatic N) is 2. The van der Waals surface area contributed by atoms with Gasteiger partial charge in [0.05, 0.1) is 18.5 Å². The summed E-state index contributed by atoms with van der Waals surface area (Å²) in [5.74, 6) is -4.70. The lowest BCUT2D eigenvalue weighted by Crippen LogP contribution is -2.61. The van der Waals surface area contributed by atoms with Crippen molar-refractivity contribution in [3.63, 3.8) is 0 Å². The number of guanidine groups is 1. The largest absolute Gasteiger partial charge is 0.508 e. The summed E-state index contributed by atoms with van der Waals surface area (Å²) in [6.07, 6.45) is 1.69. The van der Waals surface area contributed by atoms with Crippen molar-refractivity contribution in [2.24, 2.45) is 28.1 Å². The molecule has 6 atom stereocenters. The minimum atomic E-state index is -1.57. The topological polar surface area (TPSA) is 313 Å². The van der Waals surface area contributed by atoms with Crippen LogP contribution < -0.4 is 38.5 Å². The molecule has 0 aliphatic rings. The van der Waals surface area contributed by atoms with Gasteiger partial charge in [0.25, 0.3) is 0 Å². The van der Waals surface area contributed by atoms with Crippen LogP contribution >= 0.6 is 0 Å². The summed E-state index contributed by atoms with van der Waals surface area (Å²) in [4.78, 5) is 75.6. The maximum Gasteiger partial charge on any atom is 0.326 e. The van der Waals surface area contributed by atoms with Gasteiger partial charge in [0.2, 0.25) is 23.6 Å². The van der Waals surface area contributed by atoms with E-state index in [1.807, 2.05) is 13.8 Å². The van der Waals surface area contributed by atoms with Crippen LogP contribution in [0, 0.1) is 5.92 Å². The fourth-order valence-electron chi connectivity index (χ4n) is 4.74. The highest BCUT2D eigenvalue weighted by Gasteiger charge is 2.34. The van der Waals surface area contributed by atoms with Gasteiger partial charge < -0.3 is 58.8 Å². The number of nitrogens with two attached hydrogens (primary N) is 3. The maximum atomic E-state index is 13.5. The van der Waals surface area contributed by atoms with Crippen molar-refractivity contribution < 1.29 is 39.3 Å². The number of phenolic OH excluding ortho intramolecular Hbond substituents is 1. The van der Waals surface area contributed by atoms with Crippen LogP contribution in [0.25, 0.3) is 0 Å². The summed E-state index contributed by atoms with van der Waals surface area (Å²) in [5.41, 5.74) is 17.8. The fourth-order valence-corrected chi connectivity index (χ4v) is 4.74. The average Bonchev–Trinajstić information content (AvgIpc) is 3.54. The maximum absolute atomic E-state index is 13.5. The first kappa shape index (κ1) is 39.9. The third-order valence-electron chi connectivity index (χ3n) is 7.30. The molecule has 0 spiro atoms. The highest BCUT2D eigenvalue weighted by molar-refractivity contribution is 5.95. The van der Waals surface area contributed by atoms with E-state index in [0.29, 0.717) is 11.3 Å². The molecule has 0 saturated carbocycles. The number of H-pyrrole nitrogens is 1. The lowest BCUT2D eigenvalue weighted by Gasteiger charge is -2.28. The van der Waals surface area contributed by atoms with E-state index in [-0.39, 0.29) is 56.3 Å². The molecule has 0 aliphatic heterocycles. The number of aliphatic hydroxyl groups excluding tert-OH is 1. The normalized spacial score (nSPS) is 14.7. The second kappa shape index (κ2) is 19.6. The van der Waals surface area contributed by atoms with Crippen LogP contribution in [0.3, 0.4) is 0 Å². The molecule has 0 radical (unpaired) electrons. The number of phenols is 1. The summed E-state index contributed by atoms with van der Waals surface area (Å²) in [6.45, 7) is 5.04. The van der Waals surface area contributed by atoms with Gasteiger partial charge in [-0.3, -0.25) is 24.2 Å². The predicted molar refractivity (Wildman–Crippen MR) is 178 cm³/mol. The number of carboxylic acids is 1. The smallest absolute Gasteiger partial charge is 0.326 e. The minimum absolute atomic E-state index is 0.0174. The zero-order valence-corrected chi connectivity index (χ0v) is 27.8. The molecule has 1 heterocycles. The summed E-state index contributed by atoms with van der Waals surface area (Å²) in [5, 5.41) is 39.7. The number of aliphatic imine (C=N–C) groups is 1. The molecule has 1 aromatic carbocycles. The molecule has 2 aromatic rings. The first-order valence-corrected chi connectivity index (χ1v) is 15.8. The number of imidazole rings is 1. The first-order valence-electron chi connectivity index (χ1n) is 15.8. The van der Waals surface area contributed by atoms with Crippen molar-refractivity contribution in [3.05, 3.63) is 48.0 Å². The highest BCUT2D eigenvalue weighted by atomic mass is 16.4. The monoisotopic (exact) mass is 688 g/mol. The molecule has 2 rings (SSSR count). The molecule has 0 unspecified atom stereocenters. The Labute approximate surface area is 283 Å². The number of carbonyl (C=O) groups is 5. The molecule has 0 bridgehead atoms. The number of aliphatic carboxylic acids is 1. The fraction of sp³-hybridized carbons (Fsp3) is 0.516. The number of rotatable bonds is 20. The first-order chi connectivity index (χ1) is 23.1. The van der Waals surface area contributed by atoms with Gasteiger partial charge in [0, 0.05) is 24.9 Å². The van der Waals surface area contributed by atoms with Crippen molar-refractivity contribution in [2.75, 3.05) is 6.54 Å². The molecule has 14 N–H and O–H groups in total. The van der Waals surface area contributed by atoms with E-state index in [0.717, 1.165) is 0 Å². The number of nitrogens with one attached hydrogen (secondary N) is 5. The van der Waals surface area contributed by atoms with E-state index in [9.17, 15) is 39.3 Å². The molecule has 49 heavy (non-hydrogen) atoms. The quantitative estimate of drug-likeness (QED) is 0.0399. The number of hydrogen-bond acceptors (Lipinski definition) is 10. The van der Waals surface area contributed by atoms with E-state index >= 15 is 0 Å². The zero-order valence-electron chi connectivity index (χ0n) is 27.8. The predicted octanol–water partition coefficient (Wildman–Crippen LogP) is -2.27. The summed E-state index contributed by atoms with van der Waals surface area (Å²) in [7, 11) is 0. The number of aromatic nitrogens is 2. The number of benzene rings is 1. The van der Waals surface area contributed by atoms with Gasteiger partial charge in [-0.25, -0.2) is 9.78 Å². The van der Waals surface area contributed by atoms with Crippen LogP contribution in [-0.2, 0) is 36.8 Å². The van der Waals surface area contributed by atoms with Crippen LogP contribution in [0.1, 0.15) is 51.3 Å². The Morgan fingerprint density at radius 2 is 1.49 bits per heavy atom. The lowest BCUT2D eigenvalue weighted by molar-refractivity contribution is -0.142. The minimum Gasteiger partial charge on any atom is -0.508 e. The molecule has 4 amide bonds. The Morgan fingerprint density at radius 1 is 0.878 bits per heavy atom. The molecule has 18 nitrogen and oxygen atoms in total. The van der Waals surface area contributed by atoms with Crippen molar-refractivity contribution in [2.45, 2.75) is 89.2 Å². The Bertz CT molecular complexity index is 1410. The van der Waals surface area contributed by atoms with Crippen molar-refractivity contribution in [3.8, 4) is 5.75 Å². The van der Waals surface area contributed by atoms with E-state index in [1.165, 1.54) is 31.6 Å². The van der Waals surface area contributed by atoms with Crippen molar-refractivity contribution in [1.82, 2.24) is 31.2 Å². The van der Waals surface area contributed by atoms with Gasteiger partial charge in [0.1, 0.15) is 29.9 Å². The summed E-state index contributed by atoms with van der Waals surface area (Å²) < 4.78 is 0. The van der Waals surface area contributed by atoms with Crippen LogP contribution in [-0.4, -0.2) is 104 Å². The number of hydrogen-bond donors (Lipinski definition) is 11. The second-order valence-corrected chi connectivity index (χ2v) is 12.1. The number of aromatic amines is 1. The standard InChI is InChI=1S/C31H48N10O8/c1-16(2)11-23(39-26(44)21(32)12-18-6-8-20(43)9-7-18)28(46)41-25(17(3)42)29(47)40-24(13-19-14-35-15-37-19)27(45)38-22(30(48)49)5-4-10-36-31(33)34/h6-9,14-17,21-25,42-43H,4-5,10-13,32H2,1-3H3,(H,35,37)(H,38,45)(H,39,44)(H,40,47)(H,41,46)(H,48,49)(H4,33,34,36)/t17-,21+,22+,23+,24+,25+/m1/s1. The number of amides is 4. The summed E-state index contributed by atoms with van der Waals surface area (Å²) >= 11 is 0. The van der Waals surface area contributed by atoms with Crippen LogP contribution in [0.4, 0.5) is 0 Å². The van der Waals surface area contributed by atoms with Gasteiger partial charge in [-0.15, -0.1) is 0 Å². The molecule has 0 saturated heterocycles. The second-order valence-electron chi connectivity index (χ2n) is 12.1. The highest BCUT2D eigenvalue weighted by Crippen LogP contribution is 2.12. The van der Waals surface area contributed by atoms with Gasteiger partial charge in [0.15, 0.2) is 5.96 Å². The van der Waals surface area contributed by atoms with E-state index < -0.39 is 65.9 Å². The Hall–Kier alpha value is -5.23. The van der Waals surface area contributed by atoms with E-state index in [2.05, 4.69) is 36.2 Å². The van der Waals surface area contributed by atoms with Crippen molar-refractivity contribution in [1.29, 1.82) is 0 Å². The molecule has 18 heteroatoms. The number of carbonyl (C=O) groups excluding carboxylic acids is 4. The lowest BCUT2D eigenvalue weighted by atomic mass is 10.0. The van der Waals surface area contributed by atoms with Gasteiger partial charge in [-0.1, -0.05) is 26.0 Å². The number of aromatic hydroxyl groups is 1. The number of aliphatic hydroxyl groups is 1. The third-order valence-corrected chi connectivity index (χ3v) is 7.30. The van der Waals surface area contributed by atoms with Gasteiger partial charge >= 0.3 is 5.97 Å². The number of carboxylic acid groups (broad SMARTS) is 1. The van der Waals surface area contributed by atoms with Crippen LogP contribution in [0.2, 0.25) is 0 Å². The zero-order chi connectivity index (χ0) is 36.7. The molecule has 0 fully saturated rings. The molecular formula is C31H48N10O8. The van der Waals surface area contributed by atoms with Gasteiger partial charge in [-0.2, -0.15) is 0 Å². The summed E-state index contributed by atoms with van der Waals surface area (Å²) in [6, 6.07) is -0.283. The van der Waals surface area contributed by atoms with Crippen molar-refractivity contribution >= 4 is 35.6 Å². The van der Waals surface area contributed by atoms with Crippen LogP contribution in [0.5, 0.6) is 5.75 Å². The average molecular weight is 689 g/mol. The Balaban J connectivity index is 2.18. The molecule has 1 aromatic heterocycles. The SMILES string of the molecule is CC(C)C[C@H](NC(=O)[C@@H](N)Cc1ccc(O)cc1)C(=O)N[C@H](C(=O)N[C@@H](Cc1cnc[nH]1)C(=O)N[C@@H](CCCN=C(N)N)C(=O)O)[C@@H](C)O. The van der Waals surface area contributed by atoms with E-state index in [1.54, 1.807) is 12.1 Å². The molecule has 270 valence electrons.